The molecule has 88 valence electrons. The minimum atomic E-state index is -0.409. The van der Waals surface area contributed by atoms with Crippen LogP contribution in [0.25, 0.3) is 0 Å². The van der Waals surface area contributed by atoms with Crippen LogP contribution in [0.5, 0.6) is 0 Å². The first-order valence-corrected chi connectivity index (χ1v) is 5.64. The number of ether oxygens (including phenoxy) is 2. The minimum Gasteiger partial charge on any atom is -0.463 e. The van der Waals surface area contributed by atoms with Gasteiger partial charge in [-0.25, -0.2) is 4.79 Å². The molecule has 1 fully saturated rings. The Labute approximate surface area is 94.6 Å². The predicted molar refractivity (Wildman–Crippen MR) is 56.7 cm³/mol. The molecule has 4 atom stereocenters. The molecule has 4 heteroatoms. The van der Waals surface area contributed by atoms with E-state index >= 15 is 0 Å². The van der Waals surface area contributed by atoms with Gasteiger partial charge in [-0.05, 0) is 13.0 Å². The Morgan fingerprint density at radius 2 is 2.12 bits per heavy atom. The van der Waals surface area contributed by atoms with Gasteiger partial charge in [0, 0.05) is 11.8 Å². The van der Waals surface area contributed by atoms with Gasteiger partial charge in [0.05, 0.1) is 24.4 Å². The van der Waals surface area contributed by atoms with Crippen LogP contribution < -0.4 is 0 Å². The van der Waals surface area contributed by atoms with Crippen LogP contribution in [-0.2, 0) is 19.1 Å². The van der Waals surface area contributed by atoms with E-state index in [0.717, 1.165) is 0 Å². The van der Waals surface area contributed by atoms with Crippen molar-refractivity contribution in [3.05, 3.63) is 11.6 Å². The van der Waals surface area contributed by atoms with Crippen molar-refractivity contribution in [1.82, 2.24) is 0 Å². The molecule has 2 aliphatic rings. The van der Waals surface area contributed by atoms with Gasteiger partial charge < -0.3 is 9.47 Å². The normalized spacial score (nSPS) is 37.2. The van der Waals surface area contributed by atoms with Gasteiger partial charge in [-0.1, -0.05) is 13.8 Å². The lowest BCUT2D eigenvalue weighted by Gasteiger charge is -2.31. The van der Waals surface area contributed by atoms with E-state index < -0.39 is 6.10 Å². The summed E-state index contributed by atoms with van der Waals surface area (Å²) in [6, 6.07) is 0. The van der Waals surface area contributed by atoms with E-state index in [2.05, 4.69) is 0 Å². The first-order chi connectivity index (χ1) is 7.56. The lowest BCUT2D eigenvalue weighted by Crippen LogP contribution is -2.42. The Morgan fingerprint density at radius 3 is 2.75 bits per heavy atom. The maximum Gasteiger partial charge on any atom is 0.336 e. The molecule has 2 heterocycles. The Hall–Kier alpha value is -1.16. The van der Waals surface area contributed by atoms with Crippen molar-refractivity contribution in [2.45, 2.75) is 33.0 Å². The Balaban J connectivity index is 2.24. The van der Waals surface area contributed by atoms with Crippen molar-refractivity contribution in [1.29, 1.82) is 0 Å². The lowest BCUT2D eigenvalue weighted by atomic mass is 9.87. The zero-order valence-corrected chi connectivity index (χ0v) is 9.73. The van der Waals surface area contributed by atoms with Crippen molar-refractivity contribution < 1.29 is 19.1 Å². The molecule has 2 aliphatic heterocycles. The fraction of sp³-hybridized carbons (Fsp3) is 0.667. The van der Waals surface area contributed by atoms with Gasteiger partial charge >= 0.3 is 5.97 Å². The van der Waals surface area contributed by atoms with E-state index in [1.54, 1.807) is 19.9 Å². The zero-order chi connectivity index (χ0) is 11.9. The first-order valence-electron chi connectivity index (χ1n) is 5.64. The van der Waals surface area contributed by atoms with Crippen molar-refractivity contribution in [2.75, 3.05) is 6.61 Å². The van der Waals surface area contributed by atoms with Crippen LogP contribution in [0.15, 0.2) is 11.6 Å². The lowest BCUT2D eigenvalue weighted by molar-refractivity contribution is -0.146. The average molecular weight is 224 g/mol. The summed E-state index contributed by atoms with van der Waals surface area (Å²) in [7, 11) is 0. The third-order valence-corrected chi connectivity index (χ3v) is 3.31. The molecule has 16 heavy (non-hydrogen) atoms. The molecule has 1 saturated heterocycles. The highest BCUT2D eigenvalue weighted by atomic mass is 16.5. The van der Waals surface area contributed by atoms with Crippen molar-refractivity contribution in [3.8, 4) is 0 Å². The molecule has 4 nitrogen and oxygen atoms in total. The number of fused-ring (bicyclic) bond motifs is 2. The molecule has 0 aromatic carbocycles. The van der Waals surface area contributed by atoms with Crippen molar-refractivity contribution in [3.63, 3.8) is 0 Å². The SMILES string of the molecule is CCOC(=O)C1=C[C@@H]2O[C@H]1[C@H](C)C(=O)[C@@H]2C. The van der Waals surface area contributed by atoms with Gasteiger partial charge in [-0.15, -0.1) is 0 Å². The van der Waals surface area contributed by atoms with E-state index in [4.69, 9.17) is 9.47 Å². The van der Waals surface area contributed by atoms with Crippen LogP contribution in [0.3, 0.4) is 0 Å². The monoisotopic (exact) mass is 224 g/mol. The quantitative estimate of drug-likeness (QED) is 0.659. The van der Waals surface area contributed by atoms with E-state index in [9.17, 15) is 9.59 Å². The zero-order valence-electron chi connectivity index (χ0n) is 9.73. The van der Waals surface area contributed by atoms with E-state index in [0.29, 0.717) is 12.2 Å². The number of carbonyl (C=O) groups excluding carboxylic acids is 2. The molecule has 0 N–H and O–H groups in total. The van der Waals surface area contributed by atoms with Gasteiger partial charge in [0.15, 0.2) is 0 Å². The Kier molecular flexibility index (Phi) is 2.84. The molecule has 0 unspecified atom stereocenters. The molecule has 0 saturated carbocycles. The molecule has 2 bridgehead atoms. The van der Waals surface area contributed by atoms with Gasteiger partial charge in [0.2, 0.25) is 0 Å². The highest BCUT2D eigenvalue weighted by molar-refractivity contribution is 5.95. The highest BCUT2D eigenvalue weighted by Crippen LogP contribution is 2.37. The van der Waals surface area contributed by atoms with Gasteiger partial charge in [0.25, 0.3) is 0 Å². The molecule has 2 rings (SSSR count). The first kappa shape index (κ1) is 11.3. The summed E-state index contributed by atoms with van der Waals surface area (Å²) in [6.07, 6.45) is 1.08. The molecule has 0 aromatic rings. The molecule has 0 amide bonds. The number of esters is 1. The van der Waals surface area contributed by atoms with Gasteiger partial charge in [-0.2, -0.15) is 0 Å². The topological polar surface area (TPSA) is 52.6 Å². The third-order valence-electron chi connectivity index (χ3n) is 3.31. The van der Waals surface area contributed by atoms with E-state index in [-0.39, 0.29) is 29.7 Å². The number of ketones is 1. The average Bonchev–Trinajstić information content (AvgIpc) is 2.67. The molecular weight excluding hydrogens is 208 g/mol. The van der Waals surface area contributed by atoms with Crippen molar-refractivity contribution in [2.24, 2.45) is 11.8 Å². The van der Waals surface area contributed by atoms with Crippen LogP contribution in [-0.4, -0.2) is 30.6 Å². The predicted octanol–water partition coefficient (Wildman–Crippen LogP) is 1.10. The number of Topliss-reactive ketones (excluding diaryl/α,β-unsaturated/α-hetero) is 1. The van der Waals surface area contributed by atoms with Crippen LogP contribution in [0.4, 0.5) is 0 Å². The second-order valence-corrected chi connectivity index (χ2v) is 4.34. The molecule has 0 aliphatic carbocycles. The molecule has 0 aromatic heterocycles. The summed E-state index contributed by atoms with van der Waals surface area (Å²) in [6.45, 7) is 5.74. The maximum atomic E-state index is 11.8. The molecular formula is C12H16O4. The Bertz CT molecular complexity index is 358. The maximum absolute atomic E-state index is 11.8. The van der Waals surface area contributed by atoms with Gasteiger partial charge in [-0.3, -0.25) is 4.79 Å². The fourth-order valence-electron chi connectivity index (χ4n) is 2.33. The van der Waals surface area contributed by atoms with Crippen LogP contribution in [0, 0.1) is 11.8 Å². The van der Waals surface area contributed by atoms with E-state index in [1.807, 2.05) is 6.92 Å². The summed E-state index contributed by atoms with van der Waals surface area (Å²) in [4.78, 5) is 23.5. The summed E-state index contributed by atoms with van der Waals surface area (Å²) in [5.41, 5.74) is 0.511. The highest BCUT2D eigenvalue weighted by Gasteiger charge is 2.47. The smallest absolute Gasteiger partial charge is 0.336 e. The summed E-state index contributed by atoms with van der Waals surface area (Å²) in [5.74, 6) is -0.622. The number of hydrogen-bond acceptors (Lipinski definition) is 4. The van der Waals surface area contributed by atoms with E-state index in [1.165, 1.54) is 0 Å². The second-order valence-electron chi connectivity index (χ2n) is 4.34. The fourth-order valence-corrected chi connectivity index (χ4v) is 2.33. The minimum absolute atomic E-state index is 0.164. The van der Waals surface area contributed by atoms with Crippen LogP contribution in [0.2, 0.25) is 0 Å². The Morgan fingerprint density at radius 1 is 1.44 bits per heavy atom. The molecule has 0 radical (unpaired) electrons. The van der Waals surface area contributed by atoms with Crippen LogP contribution >= 0.6 is 0 Å². The summed E-state index contributed by atoms with van der Waals surface area (Å²) in [5, 5.41) is 0. The standard InChI is InChI=1S/C12H16O4/c1-4-15-12(14)8-5-9-6(2)10(13)7(3)11(8)16-9/h5-7,9,11H,4H2,1-3H3/t6-,7-,9+,11+/m1/s1. The number of carbonyl (C=O) groups is 2. The number of rotatable bonds is 2. The second kappa shape index (κ2) is 4.01. The van der Waals surface area contributed by atoms with Crippen molar-refractivity contribution >= 4 is 11.8 Å². The van der Waals surface area contributed by atoms with Crippen LogP contribution in [0.1, 0.15) is 20.8 Å². The third kappa shape index (κ3) is 1.57. The number of hydrogen-bond donors (Lipinski definition) is 0. The summed E-state index contributed by atoms with van der Waals surface area (Å²) >= 11 is 0. The molecule has 0 spiro atoms. The largest absolute Gasteiger partial charge is 0.463 e. The summed E-state index contributed by atoms with van der Waals surface area (Å²) < 4.78 is 10.6. The van der Waals surface area contributed by atoms with Gasteiger partial charge in [0.1, 0.15) is 5.78 Å².